The first kappa shape index (κ1) is 14.6. The van der Waals surface area contributed by atoms with E-state index < -0.39 is 0 Å². The van der Waals surface area contributed by atoms with E-state index in [1.54, 1.807) is 12.1 Å². The Balaban J connectivity index is 1.67. The molecule has 6 heteroatoms. The molecular formula is C15H17N3O3. The third kappa shape index (κ3) is 4.68. The van der Waals surface area contributed by atoms with Gasteiger partial charge in [-0.15, -0.1) is 0 Å². The number of rotatable bonds is 5. The van der Waals surface area contributed by atoms with Crippen LogP contribution in [0.25, 0.3) is 0 Å². The molecule has 0 aliphatic rings. The number of hydrogen-bond donors (Lipinski definition) is 3. The summed E-state index contributed by atoms with van der Waals surface area (Å²) in [4.78, 5) is 23.2. The Morgan fingerprint density at radius 1 is 1.10 bits per heavy atom. The first-order valence-corrected chi connectivity index (χ1v) is 6.58. The van der Waals surface area contributed by atoms with Gasteiger partial charge in [-0.1, -0.05) is 12.1 Å². The van der Waals surface area contributed by atoms with Gasteiger partial charge in [0, 0.05) is 18.8 Å². The molecule has 110 valence electrons. The SMILES string of the molecule is Cc1cccc(NC(=O)NCCNC(=O)c2ccco2)c1. The highest BCUT2D eigenvalue weighted by Crippen LogP contribution is 2.08. The van der Waals surface area contributed by atoms with Gasteiger partial charge in [0.1, 0.15) is 0 Å². The number of hydrogen-bond acceptors (Lipinski definition) is 3. The van der Waals surface area contributed by atoms with Crippen molar-refractivity contribution in [1.29, 1.82) is 0 Å². The molecular weight excluding hydrogens is 270 g/mol. The minimum absolute atomic E-state index is 0.249. The molecule has 0 saturated heterocycles. The van der Waals surface area contributed by atoms with Gasteiger partial charge in [-0.3, -0.25) is 4.79 Å². The van der Waals surface area contributed by atoms with Gasteiger partial charge in [-0.2, -0.15) is 0 Å². The van der Waals surface area contributed by atoms with Crippen LogP contribution in [0, 0.1) is 6.92 Å². The minimum Gasteiger partial charge on any atom is -0.459 e. The summed E-state index contributed by atoms with van der Waals surface area (Å²) in [6.07, 6.45) is 1.43. The summed E-state index contributed by atoms with van der Waals surface area (Å²) >= 11 is 0. The van der Waals surface area contributed by atoms with Gasteiger partial charge in [0.15, 0.2) is 5.76 Å². The standard InChI is InChI=1S/C15H17N3O3/c1-11-4-2-5-12(10-11)18-15(20)17-8-7-16-14(19)13-6-3-9-21-13/h2-6,9-10H,7-8H2,1H3,(H,16,19)(H2,17,18,20). The van der Waals surface area contributed by atoms with Crippen LogP contribution in [-0.2, 0) is 0 Å². The van der Waals surface area contributed by atoms with Gasteiger partial charge in [-0.05, 0) is 36.8 Å². The summed E-state index contributed by atoms with van der Waals surface area (Å²) in [5, 5.41) is 8.01. The van der Waals surface area contributed by atoms with E-state index in [2.05, 4.69) is 16.0 Å². The van der Waals surface area contributed by atoms with E-state index in [9.17, 15) is 9.59 Å². The Morgan fingerprint density at radius 3 is 2.62 bits per heavy atom. The number of benzene rings is 1. The summed E-state index contributed by atoms with van der Waals surface area (Å²) in [6.45, 7) is 2.60. The lowest BCUT2D eigenvalue weighted by Gasteiger charge is -2.08. The summed E-state index contributed by atoms with van der Waals surface area (Å²) in [5.41, 5.74) is 1.80. The highest BCUT2D eigenvalue weighted by Gasteiger charge is 2.07. The van der Waals surface area contributed by atoms with Crippen molar-refractivity contribution in [2.24, 2.45) is 0 Å². The highest BCUT2D eigenvalue weighted by atomic mass is 16.3. The predicted molar refractivity (Wildman–Crippen MR) is 79.2 cm³/mol. The molecule has 0 bridgehead atoms. The van der Waals surface area contributed by atoms with Crippen LogP contribution in [0.4, 0.5) is 10.5 Å². The van der Waals surface area contributed by atoms with Crippen molar-refractivity contribution in [2.75, 3.05) is 18.4 Å². The number of carbonyl (C=O) groups is 2. The highest BCUT2D eigenvalue weighted by molar-refractivity contribution is 5.91. The van der Waals surface area contributed by atoms with Crippen molar-refractivity contribution < 1.29 is 14.0 Å². The monoisotopic (exact) mass is 287 g/mol. The van der Waals surface area contributed by atoms with Crippen LogP contribution in [0.1, 0.15) is 16.1 Å². The number of amides is 3. The van der Waals surface area contributed by atoms with E-state index in [1.165, 1.54) is 6.26 Å². The molecule has 0 saturated carbocycles. The third-order valence-electron chi connectivity index (χ3n) is 2.72. The molecule has 2 rings (SSSR count). The number of anilines is 1. The first-order valence-electron chi connectivity index (χ1n) is 6.58. The molecule has 1 aromatic carbocycles. The van der Waals surface area contributed by atoms with Crippen molar-refractivity contribution in [2.45, 2.75) is 6.92 Å². The van der Waals surface area contributed by atoms with E-state index in [0.717, 1.165) is 11.3 Å². The molecule has 0 radical (unpaired) electrons. The average molecular weight is 287 g/mol. The molecule has 0 unspecified atom stereocenters. The Hall–Kier alpha value is -2.76. The number of urea groups is 1. The van der Waals surface area contributed by atoms with Gasteiger partial charge >= 0.3 is 6.03 Å². The summed E-state index contributed by atoms with van der Waals surface area (Å²) in [5.74, 6) is -0.0555. The van der Waals surface area contributed by atoms with E-state index in [4.69, 9.17) is 4.42 Å². The van der Waals surface area contributed by atoms with Crippen molar-refractivity contribution in [3.8, 4) is 0 Å². The summed E-state index contributed by atoms with van der Waals surface area (Å²) in [7, 11) is 0. The molecule has 0 spiro atoms. The second kappa shape index (κ2) is 7.14. The Labute approximate surface area is 122 Å². The first-order chi connectivity index (χ1) is 10.1. The summed E-state index contributed by atoms with van der Waals surface area (Å²) in [6, 6.07) is 10.4. The van der Waals surface area contributed by atoms with Crippen molar-refractivity contribution in [3.63, 3.8) is 0 Å². The minimum atomic E-state index is -0.312. The second-order valence-electron chi connectivity index (χ2n) is 4.48. The lowest BCUT2D eigenvalue weighted by atomic mass is 10.2. The van der Waals surface area contributed by atoms with E-state index >= 15 is 0 Å². The van der Waals surface area contributed by atoms with Gasteiger partial charge < -0.3 is 20.4 Å². The average Bonchev–Trinajstić information content (AvgIpc) is 2.97. The molecule has 0 aliphatic heterocycles. The third-order valence-corrected chi connectivity index (χ3v) is 2.72. The van der Waals surface area contributed by atoms with Crippen molar-refractivity contribution >= 4 is 17.6 Å². The van der Waals surface area contributed by atoms with Crippen molar-refractivity contribution in [3.05, 3.63) is 54.0 Å². The molecule has 3 N–H and O–H groups in total. The van der Waals surface area contributed by atoms with E-state index in [1.807, 2.05) is 31.2 Å². The number of aryl methyl sites for hydroxylation is 1. The maximum absolute atomic E-state index is 11.6. The summed E-state index contributed by atoms with van der Waals surface area (Å²) < 4.78 is 4.95. The number of nitrogens with one attached hydrogen (secondary N) is 3. The van der Waals surface area contributed by atoms with Gasteiger partial charge in [0.2, 0.25) is 0 Å². The molecule has 3 amide bonds. The number of furan rings is 1. The largest absolute Gasteiger partial charge is 0.459 e. The quantitative estimate of drug-likeness (QED) is 0.737. The zero-order valence-corrected chi connectivity index (χ0v) is 11.7. The fourth-order valence-electron chi connectivity index (χ4n) is 1.75. The molecule has 1 heterocycles. The van der Waals surface area contributed by atoms with Crippen molar-refractivity contribution in [1.82, 2.24) is 10.6 Å². The van der Waals surface area contributed by atoms with Crippen LogP contribution < -0.4 is 16.0 Å². The van der Waals surface area contributed by atoms with Crippen LogP contribution in [0.3, 0.4) is 0 Å². The second-order valence-corrected chi connectivity index (χ2v) is 4.48. The zero-order valence-electron chi connectivity index (χ0n) is 11.7. The van der Waals surface area contributed by atoms with E-state index in [-0.39, 0.29) is 17.7 Å². The fourth-order valence-corrected chi connectivity index (χ4v) is 1.75. The van der Waals surface area contributed by atoms with Gasteiger partial charge in [0.05, 0.1) is 6.26 Å². The Morgan fingerprint density at radius 2 is 1.90 bits per heavy atom. The molecule has 21 heavy (non-hydrogen) atoms. The number of carbonyl (C=O) groups excluding carboxylic acids is 2. The van der Waals surface area contributed by atoms with Gasteiger partial charge in [-0.25, -0.2) is 4.79 Å². The molecule has 0 fully saturated rings. The zero-order chi connectivity index (χ0) is 15.1. The fraction of sp³-hybridized carbons (Fsp3) is 0.200. The lowest BCUT2D eigenvalue weighted by Crippen LogP contribution is -2.36. The molecule has 6 nitrogen and oxygen atoms in total. The molecule has 2 aromatic rings. The molecule has 0 atom stereocenters. The molecule has 0 aliphatic carbocycles. The van der Waals surface area contributed by atoms with Crippen LogP contribution in [0.2, 0.25) is 0 Å². The Bertz CT molecular complexity index is 608. The predicted octanol–water partition coefficient (Wildman–Crippen LogP) is 2.14. The van der Waals surface area contributed by atoms with E-state index in [0.29, 0.717) is 13.1 Å². The maximum atomic E-state index is 11.6. The normalized spacial score (nSPS) is 9.95. The lowest BCUT2D eigenvalue weighted by molar-refractivity contribution is 0.0926. The van der Waals surface area contributed by atoms with Gasteiger partial charge in [0.25, 0.3) is 5.91 Å². The van der Waals surface area contributed by atoms with Crippen LogP contribution in [0.5, 0.6) is 0 Å². The maximum Gasteiger partial charge on any atom is 0.319 e. The van der Waals surface area contributed by atoms with Crippen LogP contribution >= 0.6 is 0 Å². The smallest absolute Gasteiger partial charge is 0.319 e. The molecule has 1 aromatic heterocycles. The topological polar surface area (TPSA) is 83.4 Å². The van der Waals surface area contributed by atoms with Crippen LogP contribution in [0.15, 0.2) is 47.1 Å². The van der Waals surface area contributed by atoms with Crippen LogP contribution in [-0.4, -0.2) is 25.0 Å². The Kier molecular flexibility index (Phi) is 4.98.